The highest BCUT2D eigenvalue weighted by Gasteiger charge is 2.18. The fourth-order valence-electron chi connectivity index (χ4n) is 3.31. The maximum absolute atomic E-state index is 14.0. The Bertz CT molecular complexity index is 961. The largest absolute Gasteiger partial charge is 0.356 e. The van der Waals surface area contributed by atoms with Crippen molar-refractivity contribution >= 4 is 28.1 Å². The predicted octanol–water partition coefficient (Wildman–Crippen LogP) is 4.82. The number of aromatic nitrogens is 2. The molecule has 0 spiro atoms. The number of benzene rings is 2. The van der Waals surface area contributed by atoms with Gasteiger partial charge in [-0.3, -0.25) is 4.79 Å². The molecule has 0 aliphatic carbocycles. The van der Waals surface area contributed by atoms with Crippen LogP contribution >= 0.6 is 0 Å². The van der Waals surface area contributed by atoms with E-state index in [2.05, 4.69) is 10.4 Å². The Morgan fingerprint density at radius 3 is 2.77 bits per heavy atom. The van der Waals surface area contributed by atoms with Gasteiger partial charge in [-0.1, -0.05) is 0 Å². The highest BCUT2D eigenvalue weighted by Crippen LogP contribution is 2.29. The molecule has 5 nitrogen and oxygen atoms in total. The van der Waals surface area contributed by atoms with Crippen molar-refractivity contribution in [3.8, 4) is 0 Å². The Kier molecular flexibility index (Phi) is 4.42. The first-order valence-corrected chi connectivity index (χ1v) is 8.78. The maximum Gasteiger partial charge on any atom is 0.162 e. The lowest BCUT2D eigenvalue weighted by atomic mass is 10.1. The Morgan fingerprint density at radius 2 is 2.04 bits per heavy atom. The van der Waals surface area contributed by atoms with Crippen LogP contribution in [0, 0.1) is 5.82 Å². The molecule has 1 unspecified atom stereocenters. The number of nitrogens with one attached hydrogen (secondary N) is 1. The number of fused-ring (bicyclic) bond motifs is 1. The van der Waals surface area contributed by atoms with Crippen molar-refractivity contribution in [3.63, 3.8) is 0 Å². The number of nitrogens with zero attached hydrogens (tertiary/aromatic N) is 2. The monoisotopic (exact) mass is 353 g/mol. The highest BCUT2D eigenvalue weighted by molar-refractivity contribution is 5.94. The number of carbonyl (C=O) groups is 1. The second kappa shape index (κ2) is 6.88. The van der Waals surface area contributed by atoms with Gasteiger partial charge in [-0.15, -0.1) is 0 Å². The molecule has 1 fully saturated rings. The second-order valence-electron chi connectivity index (χ2n) is 6.56. The molecule has 0 saturated carbocycles. The maximum atomic E-state index is 14.0. The van der Waals surface area contributed by atoms with Gasteiger partial charge in [-0.2, -0.15) is 5.10 Å². The number of anilines is 2. The highest BCUT2D eigenvalue weighted by atomic mass is 19.1. The Balaban J connectivity index is 1.63. The number of Topliss-reactive ketones (excluding diaryl/α,β-unsaturated/α-hetero) is 1. The molecule has 3 aromatic rings. The van der Waals surface area contributed by atoms with Gasteiger partial charge < -0.3 is 10.1 Å². The second-order valence-corrected chi connectivity index (χ2v) is 6.56. The molecule has 1 atom stereocenters. The lowest BCUT2D eigenvalue weighted by Crippen LogP contribution is -2.18. The smallest absolute Gasteiger partial charge is 0.162 e. The van der Waals surface area contributed by atoms with Gasteiger partial charge in [0.15, 0.2) is 12.0 Å². The van der Waals surface area contributed by atoms with E-state index >= 15 is 0 Å². The van der Waals surface area contributed by atoms with Gasteiger partial charge in [0, 0.05) is 23.4 Å². The Labute approximate surface area is 150 Å². The summed E-state index contributed by atoms with van der Waals surface area (Å²) in [5, 5.41) is 8.70. The van der Waals surface area contributed by atoms with Crippen LogP contribution in [-0.2, 0) is 4.74 Å². The van der Waals surface area contributed by atoms with Crippen molar-refractivity contribution in [2.24, 2.45) is 0 Å². The van der Waals surface area contributed by atoms with E-state index in [0.29, 0.717) is 5.69 Å². The van der Waals surface area contributed by atoms with Crippen LogP contribution in [0.2, 0.25) is 0 Å². The molecular formula is C20H20FN3O2. The van der Waals surface area contributed by atoms with E-state index in [1.807, 2.05) is 29.1 Å². The quantitative estimate of drug-likeness (QED) is 0.683. The SMILES string of the molecule is CC(=O)c1ccc(Nc2ccc3cnn(C4CCCCO4)c3c2)cc1F. The van der Waals surface area contributed by atoms with Crippen LogP contribution in [0.1, 0.15) is 42.8 Å². The summed E-state index contributed by atoms with van der Waals surface area (Å²) in [7, 11) is 0. The molecule has 0 radical (unpaired) electrons. The van der Waals surface area contributed by atoms with E-state index in [0.717, 1.165) is 42.5 Å². The fraction of sp³-hybridized carbons (Fsp3) is 0.300. The van der Waals surface area contributed by atoms with Gasteiger partial charge in [0.2, 0.25) is 0 Å². The first-order chi connectivity index (χ1) is 12.6. The summed E-state index contributed by atoms with van der Waals surface area (Å²) < 4.78 is 21.8. The van der Waals surface area contributed by atoms with Crippen LogP contribution in [0.4, 0.5) is 15.8 Å². The molecule has 1 N–H and O–H groups in total. The normalized spacial score (nSPS) is 17.4. The minimum absolute atomic E-state index is 0.0382. The average Bonchev–Trinajstić information content (AvgIpc) is 3.05. The van der Waals surface area contributed by atoms with Gasteiger partial charge in [-0.05, 0) is 62.6 Å². The predicted molar refractivity (Wildman–Crippen MR) is 98.3 cm³/mol. The van der Waals surface area contributed by atoms with Crippen LogP contribution in [0.15, 0.2) is 42.6 Å². The average molecular weight is 353 g/mol. The molecule has 0 amide bonds. The van der Waals surface area contributed by atoms with Crippen molar-refractivity contribution in [2.75, 3.05) is 11.9 Å². The lowest BCUT2D eigenvalue weighted by Gasteiger charge is -2.23. The zero-order valence-electron chi connectivity index (χ0n) is 14.5. The molecule has 2 aromatic carbocycles. The number of carbonyl (C=O) groups excluding carboxylic acids is 1. The van der Waals surface area contributed by atoms with Crippen LogP contribution in [0.3, 0.4) is 0 Å². The molecule has 4 rings (SSSR count). The van der Waals surface area contributed by atoms with Crippen molar-refractivity contribution < 1.29 is 13.9 Å². The van der Waals surface area contributed by atoms with Gasteiger partial charge >= 0.3 is 0 Å². The zero-order chi connectivity index (χ0) is 18.1. The number of hydrogen-bond acceptors (Lipinski definition) is 4. The van der Waals surface area contributed by atoms with Crippen LogP contribution in [0.5, 0.6) is 0 Å². The first-order valence-electron chi connectivity index (χ1n) is 8.78. The standard InChI is InChI=1S/C20H20FN3O2/c1-13(25)17-8-7-15(10-18(17)21)23-16-6-5-14-12-22-24(19(14)11-16)20-4-2-3-9-26-20/h5-8,10-12,20,23H,2-4,9H2,1H3. The molecule has 2 heterocycles. The molecular weight excluding hydrogens is 333 g/mol. The topological polar surface area (TPSA) is 56.2 Å². The fourth-order valence-corrected chi connectivity index (χ4v) is 3.31. The zero-order valence-corrected chi connectivity index (χ0v) is 14.5. The van der Waals surface area contributed by atoms with Gasteiger partial charge in [0.25, 0.3) is 0 Å². The van der Waals surface area contributed by atoms with Gasteiger partial charge in [0.1, 0.15) is 5.82 Å². The molecule has 1 aromatic heterocycles. The summed E-state index contributed by atoms with van der Waals surface area (Å²) in [5.74, 6) is -0.809. The van der Waals surface area contributed by atoms with Crippen LogP contribution in [0.25, 0.3) is 10.9 Å². The third kappa shape index (κ3) is 3.20. The minimum atomic E-state index is -0.524. The Hall–Kier alpha value is -2.73. The first kappa shape index (κ1) is 16.7. The lowest BCUT2D eigenvalue weighted by molar-refractivity contribution is -0.0366. The van der Waals surface area contributed by atoms with E-state index in [1.54, 1.807) is 6.07 Å². The van der Waals surface area contributed by atoms with Gasteiger partial charge in [-0.25, -0.2) is 9.07 Å². The Morgan fingerprint density at radius 1 is 1.23 bits per heavy atom. The van der Waals surface area contributed by atoms with E-state index in [4.69, 9.17) is 4.74 Å². The number of halogens is 1. The van der Waals surface area contributed by atoms with Crippen LogP contribution < -0.4 is 5.32 Å². The molecule has 1 aliphatic heterocycles. The van der Waals surface area contributed by atoms with Crippen LogP contribution in [-0.4, -0.2) is 22.2 Å². The molecule has 6 heteroatoms. The molecule has 134 valence electrons. The third-order valence-corrected chi connectivity index (χ3v) is 4.66. The number of ketones is 1. The van der Waals surface area contributed by atoms with E-state index in [9.17, 15) is 9.18 Å². The summed E-state index contributed by atoms with van der Waals surface area (Å²) in [6.07, 6.45) is 4.96. The van der Waals surface area contributed by atoms with Crippen molar-refractivity contribution in [1.29, 1.82) is 0 Å². The minimum Gasteiger partial charge on any atom is -0.356 e. The summed E-state index contributed by atoms with van der Waals surface area (Å²) in [6.45, 7) is 2.11. The van der Waals surface area contributed by atoms with E-state index < -0.39 is 5.82 Å². The van der Waals surface area contributed by atoms with Crippen molar-refractivity contribution in [1.82, 2.24) is 9.78 Å². The number of ether oxygens (including phenoxy) is 1. The molecule has 1 aliphatic rings. The molecule has 26 heavy (non-hydrogen) atoms. The number of hydrogen-bond donors (Lipinski definition) is 1. The summed E-state index contributed by atoms with van der Waals surface area (Å²) in [6, 6.07) is 10.4. The molecule has 1 saturated heterocycles. The summed E-state index contributed by atoms with van der Waals surface area (Å²) in [4.78, 5) is 11.4. The third-order valence-electron chi connectivity index (χ3n) is 4.66. The van der Waals surface area contributed by atoms with E-state index in [1.165, 1.54) is 19.1 Å². The van der Waals surface area contributed by atoms with E-state index in [-0.39, 0.29) is 17.6 Å². The van der Waals surface area contributed by atoms with Crippen molar-refractivity contribution in [3.05, 3.63) is 54.0 Å². The van der Waals surface area contributed by atoms with Gasteiger partial charge in [0.05, 0.1) is 17.3 Å². The number of rotatable bonds is 4. The summed E-state index contributed by atoms with van der Waals surface area (Å²) >= 11 is 0. The van der Waals surface area contributed by atoms with Crippen molar-refractivity contribution in [2.45, 2.75) is 32.4 Å². The summed E-state index contributed by atoms with van der Waals surface area (Å²) in [5.41, 5.74) is 2.48. The molecule has 0 bridgehead atoms.